The zero-order valence-electron chi connectivity index (χ0n) is 27.9. The van der Waals surface area contributed by atoms with Gasteiger partial charge in [-0.15, -0.1) is 0 Å². The van der Waals surface area contributed by atoms with E-state index < -0.39 is 46.2 Å². The first kappa shape index (κ1) is 36.8. The number of piperazine rings is 1. The van der Waals surface area contributed by atoms with Crippen LogP contribution < -0.4 is 15.1 Å². The van der Waals surface area contributed by atoms with Gasteiger partial charge < -0.3 is 19.9 Å². The molecule has 5 rings (SSSR count). The Hall–Kier alpha value is -4.49. The topological polar surface area (TPSA) is 57.7 Å². The Morgan fingerprint density at radius 2 is 1.56 bits per heavy atom. The Balaban J connectivity index is 1.52. The molecule has 0 spiro atoms. The Labute approximate surface area is 285 Å². The highest BCUT2D eigenvalue weighted by atomic mass is 19.4. The van der Waals surface area contributed by atoms with E-state index in [9.17, 15) is 35.5 Å². The number of carbonyl (C=O) groups excluding carboxylic acids is 1. The second-order valence-electron chi connectivity index (χ2n) is 12.9. The molecule has 1 aliphatic rings. The van der Waals surface area contributed by atoms with Crippen molar-refractivity contribution in [2.24, 2.45) is 0 Å². The molecule has 1 atom stereocenters. The maximum atomic E-state index is 14.2. The van der Waals surface area contributed by atoms with Crippen molar-refractivity contribution in [3.05, 3.63) is 113 Å². The summed E-state index contributed by atoms with van der Waals surface area (Å²) in [5.74, 6) is -0.708. The first-order chi connectivity index (χ1) is 23.5. The molecule has 1 N–H and O–H groups in total. The van der Waals surface area contributed by atoms with Crippen LogP contribution in [0.4, 0.5) is 42.2 Å². The lowest BCUT2D eigenvalue weighted by atomic mass is 9.81. The van der Waals surface area contributed by atoms with E-state index in [4.69, 9.17) is 4.74 Å². The monoisotopic (exact) mass is 702 g/mol. The van der Waals surface area contributed by atoms with Crippen LogP contribution >= 0.6 is 0 Å². The van der Waals surface area contributed by atoms with Crippen molar-refractivity contribution in [2.45, 2.75) is 51.2 Å². The molecule has 0 saturated carbocycles. The maximum absolute atomic E-state index is 14.2. The van der Waals surface area contributed by atoms with Gasteiger partial charge in [-0.1, -0.05) is 36.4 Å². The van der Waals surface area contributed by atoms with Gasteiger partial charge in [0.2, 0.25) is 5.91 Å². The largest absolute Gasteiger partial charge is 0.416 e. The second-order valence-corrected chi connectivity index (χ2v) is 12.9. The highest BCUT2D eigenvalue weighted by Gasteiger charge is 2.41. The van der Waals surface area contributed by atoms with Crippen molar-refractivity contribution in [1.82, 2.24) is 10.3 Å². The highest BCUT2D eigenvalue weighted by molar-refractivity contribution is 6.03. The quantitative estimate of drug-likeness (QED) is 0.179. The number of carbonyl (C=O) groups is 1. The van der Waals surface area contributed by atoms with E-state index in [-0.39, 0.29) is 17.8 Å². The van der Waals surface area contributed by atoms with Crippen LogP contribution in [0.15, 0.2) is 79.0 Å². The van der Waals surface area contributed by atoms with Crippen LogP contribution in [0.1, 0.15) is 41.7 Å². The molecular formula is C37H37F7N4O2. The number of aryl methyl sites for hydroxylation is 1. The number of benzene rings is 3. The molecule has 3 aromatic carbocycles. The van der Waals surface area contributed by atoms with Crippen molar-refractivity contribution in [3.63, 3.8) is 0 Å². The molecule has 266 valence electrons. The molecule has 1 unspecified atom stereocenters. The molecule has 1 fully saturated rings. The van der Waals surface area contributed by atoms with Gasteiger partial charge in [0.05, 0.1) is 47.7 Å². The van der Waals surface area contributed by atoms with Crippen molar-refractivity contribution in [3.8, 4) is 11.1 Å². The number of likely N-dealkylation sites (N-methyl/N-ethyl adjacent to an activating group) is 1. The van der Waals surface area contributed by atoms with E-state index in [1.54, 1.807) is 19.1 Å². The first-order valence-corrected chi connectivity index (χ1v) is 15.9. The Bertz CT molecular complexity index is 1790. The summed E-state index contributed by atoms with van der Waals surface area (Å²) in [7, 11) is 1.38. The first-order valence-electron chi connectivity index (χ1n) is 15.9. The van der Waals surface area contributed by atoms with Crippen LogP contribution in [0.25, 0.3) is 11.1 Å². The number of pyridine rings is 1. The van der Waals surface area contributed by atoms with Crippen molar-refractivity contribution < 1.29 is 40.3 Å². The smallest absolute Gasteiger partial charge is 0.375 e. The Morgan fingerprint density at radius 1 is 0.920 bits per heavy atom. The van der Waals surface area contributed by atoms with Gasteiger partial charge in [0.15, 0.2) is 0 Å². The van der Waals surface area contributed by atoms with Crippen LogP contribution in [0.3, 0.4) is 0 Å². The number of hydrogen-bond donors (Lipinski definition) is 1. The van der Waals surface area contributed by atoms with E-state index >= 15 is 0 Å². The van der Waals surface area contributed by atoms with Crippen molar-refractivity contribution in [1.29, 1.82) is 0 Å². The summed E-state index contributed by atoms with van der Waals surface area (Å²) in [5.41, 5.74) is -2.50. The SMILES string of the molecule is Cc1cc(F)ccc1-c1cc(N2CCNCC2COCc2ccccc2)ncc1N(C)C(=O)C(C)(C)c1cc(C(F)(F)F)cc(C(F)(F)F)c1. The minimum absolute atomic E-state index is 0.0297. The fourth-order valence-corrected chi connectivity index (χ4v) is 6.07. The van der Waals surface area contributed by atoms with E-state index in [1.165, 1.54) is 44.1 Å². The van der Waals surface area contributed by atoms with Crippen LogP contribution in [0.2, 0.25) is 0 Å². The fraction of sp³-hybridized carbons (Fsp3) is 0.351. The highest BCUT2D eigenvalue weighted by Crippen LogP contribution is 2.41. The van der Waals surface area contributed by atoms with Gasteiger partial charge >= 0.3 is 12.4 Å². The molecule has 1 saturated heterocycles. The molecule has 2 heterocycles. The minimum atomic E-state index is -5.08. The zero-order valence-corrected chi connectivity index (χ0v) is 27.9. The Kier molecular flexibility index (Phi) is 10.6. The normalized spacial score (nSPS) is 15.7. The molecule has 0 radical (unpaired) electrons. The zero-order chi connectivity index (χ0) is 36.4. The van der Waals surface area contributed by atoms with Gasteiger partial charge in [-0.05, 0) is 79.4 Å². The number of halogens is 7. The average Bonchev–Trinajstić information content (AvgIpc) is 3.07. The van der Waals surface area contributed by atoms with Crippen molar-refractivity contribution in [2.75, 3.05) is 43.1 Å². The van der Waals surface area contributed by atoms with E-state index in [0.29, 0.717) is 67.5 Å². The van der Waals surface area contributed by atoms with Gasteiger partial charge in [0.1, 0.15) is 11.6 Å². The lowest BCUT2D eigenvalue weighted by Crippen LogP contribution is -2.53. The predicted molar refractivity (Wildman–Crippen MR) is 177 cm³/mol. The molecule has 13 heteroatoms. The number of rotatable bonds is 9. The predicted octanol–water partition coefficient (Wildman–Crippen LogP) is 8.17. The standard InChI is InChI=1S/C37H37F7N4O2/c1-23-14-28(38)10-11-30(23)31-18-33(48-13-12-45-19-29(48)22-50-21-24-8-6-5-7-9-24)46-20-32(31)47(4)34(49)35(2,3)25-15-26(36(39,40)41)17-27(16-25)37(42,43)44/h5-11,14-18,20,29,45H,12-13,19,21-22H2,1-4H3. The maximum Gasteiger partial charge on any atom is 0.416 e. The summed E-state index contributed by atoms with van der Waals surface area (Å²) in [5, 5.41) is 3.36. The summed E-state index contributed by atoms with van der Waals surface area (Å²) in [6, 6.07) is 16.7. The van der Waals surface area contributed by atoms with Crippen molar-refractivity contribution >= 4 is 17.4 Å². The number of anilines is 2. The minimum Gasteiger partial charge on any atom is -0.375 e. The van der Waals surface area contributed by atoms with Crippen LogP contribution in [0, 0.1) is 12.7 Å². The third kappa shape index (κ3) is 8.10. The number of nitrogens with zero attached hydrogens (tertiary/aromatic N) is 3. The molecule has 0 bridgehead atoms. The van der Waals surface area contributed by atoms with Crippen LogP contribution in [0.5, 0.6) is 0 Å². The van der Waals surface area contributed by atoms with Gasteiger partial charge in [-0.25, -0.2) is 9.37 Å². The molecule has 4 aromatic rings. The number of alkyl halides is 6. The molecule has 6 nitrogen and oxygen atoms in total. The summed E-state index contributed by atoms with van der Waals surface area (Å²) < 4.78 is 103. The average molecular weight is 703 g/mol. The summed E-state index contributed by atoms with van der Waals surface area (Å²) in [4.78, 5) is 22.0. The third-order valence-corrected chi connectivity index (χ3v) is 8.92. The molecule has 0 aliphatic carbocycles. The van der Waals surface area contributed by atoms with E-state index in [2.05, 4.69) is 15.2 Å². The summed E-state index contributed by atoms with van der Waals surface area (Å²) >= 11 is 0. The molecule has 1 amide bonds. The number of nitrogens with one attached hydrogen (secondary N) is 1. The number of aromatic nitrogens is 1. The lowest BCUT2D eigenvalue weighted by molar-refractivity contribution is -0.143. The molecular weight excluding hydrogens is 665 g/mol. The second kappa shape index (κ2) is 14.4. The third-order valence-electron chi connectivity index (χ3n) is 8.92. The lowest BCUT2D eigenvalue weighted by Gasteiger charge is -2.38. The van der Waals surface area contributed by atoms with Gasteiger partial charge in [-0.3, -0.25) is 4.79 Å². The summed E-state index contributed by atoms with van der Waals surface area (Å²) in [6.07, 6.45) is -8.72. The van der Waals surface area contributed by atoms with Gasteiger partial charge in [0.25, 0.3) is 0 Å². The fourth-order valence-electron chi connectivity index (χ4n) is 6.07. The molecule has 1 aromatic heterocycles. The molecule has 1 aliphatic heterocycles. The number of ether oxygens (including phenoxy) is 1. The molecule has 50 heavy (non-hydrogen) atoms. The number of amides is 1. The van der Waals surface area contributed by atoms with E-state index in [0.717, 1.165) is 5.56 Å². The van der Waals surface area contributed by atoms with Gasteiger partial charge in [-0.2, -0.15) is 26.3 Å². The van der Waals surface area contributed by atoms with Crippen LogP contribution in [-0.2, 0) is 33.9 Å². The van der Waals surface area contributed by atoms with Gasteiger partial charge in [0, 0.05) is 32.2 Å². The van der Waals surface area contributed by atoms with Crippen LogP contribution in [-0.4, -0.2) is 50.2 Å². The van der Waals surface area contributed by atoms with E-state index in [1.807, 2.05) is 30.3 Å². The summed E-state index contributed by atoms with van der Waals surface area (Å²) in [6.45, 7) is 6.86. The Morgan fingerprint density at radius 3 is 2.18 bits per heavy atom. The number of hydrogen-bond acceptors (Lipinski definition) is 5.